The predicted octanol–water partition coefficient (Wildman–Crippen LogP) is 4.35. The highest BCUT2D eigenvalue weighted by Gasteiger charge is 2.13. The molecule has 0 amide bonds. The van der Waals surface area contributed by atoms with Gasteiger partial charge in [-0.25, -0.2) is 0 Å². The van der Waals surface area contributed by atoms with Crippen LogP contribution in [0.25, 0.3) is 0 Å². The first kappa shape index (κ1) is 15.4. The minimum atomic E-state index is 0.597. The van der Waals surface area contributed by atoms with Gasteiger partial charge in [0.15, 0.2) is 0 Å². The van der Waals surface area contributed by atoms with Crippen molar-refractivity contribution in [2.45, 2.75) is 31.8 Å². The maximum Gasteiger partial charge on any atom is 0.0522 e. The molecular weight excluding hydrogens is 284 g/mol. The van der Waals surface area contributed by atoms with Crippen LogP contribution < -0.4 is 10.6 Å². The highest BCUT2D eigenvalue weighted by Crippen LogP contribution is 2.31. The molecule has 2 aromatic rings. The summed E-state index contributed by atoms with van der Waals surface area (Å²) < 4.78 is 0. The van der Waals surface area contributed by atoms with E-state index in [0.717, 1.165) is 18.8 Å². The normalized spacial score (nSPS) is 10.8. The van der Waals surface area contributed by atoms with Crippen LogP contribution in [0.5, 0.6) is 0 Å². The summed E-state index contributed by atoms with van der Waals surface area (Å²) >= 11 is 3.68. The maximum atomic E-state index is 6.01. The number of hydrogen-bond acceptors (Lipinski definition) is 4. The molecule has 0 spiro atoms. The molecule has 2 nitrogen and oxygen atoms in total. The van der Waals surface area contributed by atoms with Gasteiger partial charge in [-0.05, 0) is 36.3 Å². The minimum Gasteiger partial charge on any atom is -0.366 e. The molecule has 4 heteroatoms. The van der Waals surface area contributed by atoms with Crippen molar-refractivity contribution in [1.29, 1.82) is 0 Å². The molecule has 0 radical (unpaired) electrons. The number of thiophene rings is 1. The Morgan fingerprint density at radius 1 is 1.20 bits per heavy atom. The van der Waals surface area contributed by atoms with Crippen molar-refractivity contribution in [2.75, 3.05) is 17.2 Å². The smallest absolute Gasteiger partial charge is 0.0522 e. The van der Waals surface area contributed by atoms with Crippen molar-refractivity contribution in [1.82, 2.24) is 0 Å². The Labute approximate surface area is 130 Å². The Morgan fingerprint density at radius 2 is 2.05 bits per heavy atom. The number of thioether (sulfide) groups is 1. The van der Waals surface area contributed by atoms with Crippen LogP contribution in [0, 0.1) is 0 Å². The number of hydrogen-bond donors (Lipinski definition) is 1. The van der Waals surface area contributed by atoms with E-state index >= 15 is 0 Å². The third-order valence-electron chi connectivity index (χ3n) is 3.26. The molecule has 1 aromatic carbocycles. The molecule has 0 unspecified atom stereocenters. The van der Waals surface area contributed by atoms with Gasteiger partial charge in [0, 0.05) is 34.1 Å². The summed E-state index contributed by atoms with van der Waals surface area (Å²) in [6.45, 7) is 6.93. The largest absolute Gasteiger partial charge is 0.366 e. The van der Waals surface area contributed by atoms with E-state index in [0.29, 0.717) is 6.54 Å². The van der Waals surface area contributed by atoms with Gasteiger partial charge in [0.2, 0.25) is 0 Å². The van der Waals surface area contributed by atoms with E-state index in [4.69, 9.17) is 5.73 Å². The van der Waals surface area contributed by atoms with Gasteiger partial charge in [0.05, 0.1) is 6.54 Å². The van der Waals surface area contributed by atoms with Gasteiger partial charge < -0.3 is 10.6 Å². The van der Waals surface area contributed by atoms with Crippen molar-refractivity contribution >= 4 is 28.8 Å². The van der Waals surface area contributed by atoms with Crippen molar-refractivity contribution in [3.05, 3.63) is 46.2 Å². The zero-order chi connectivity index (χ0) is 14.4. The van der Waals surface area contributed by atoms with E-state index in [1.165, 1.54) is 21.0 Å². The SMILES string of the molecule is CCSc1cccc(N(CC)Cc2cccs2)c1CN. The van der Waals surface area contributed by atoms with Crippen LogP contribution in [0.2, 0.25) is 0 Å². The van der Waals surface area contributed by atoms with Crippen LogP contribution in [0.1, 0.15) is 24.3 Å². The average molecular weight is 307 g/mol. The number of nitrogens with two attached hydrogens (primary N) is 1. The van der Waals surface area contributed by atoms with Gasteiger partial charge >= 0.3 is 0 Å². The average Bonchev–Trinajstić information content (AvgIpc) is 2.98. The van der Waals surface area contributed by atoms with Crippen molar-refractivity contribution < 1.29 is 0 Å². The van der Waals surface area contributed by atoms with Crippen LogP contribution in [-0.2, 0) is 13.1 Å². The van der Waals surface area contributed by atoms with E-state index in [2.05, 4.69) is 54.5 Å². The highest BCUT2D eigenvalue weighted by atomic mass is 32.2. The third kappa shape index (κ3) is 3.57. The molecule has 0 aliphatic carbocycles. The Kier molecular flexibility index (Phi) is 5.95. The molecule has 0 saturated carbocycles. The number of benzene rings is 1. The number of nitrogens with zero attached hydrogens (tertiary/aromatic N) is 1. The Bertz CT molecular complexity index is 523. The van der Waals surface area contributed by atoms with E-state index in [1.807, 2.05) is 23.1 Å². The van der Waals surface area contributed by atoms with Gasteiger partial charge in [-0.2, -0.15) is 0 Å². The summed E-state index contributed by atoms with van der Waals surface area (Å²) in [5, 5.41) is 2.14. The summed E-state index contributed by atoms with van der Waals surface area (Å²) in [6, 6.07) is 10.8. The molecule has 1 aromatic heterocycles. The first-order valence-electron chi connectivity index (χ1n) is 7.02. The topological polar surface area (TPSA) is 29.3 Å². The second kappa shape index (κ2) is 7.72. The summed E-state index contributed by atoms with van der Waals surface area (Å²) in [6.07, 6.45) is 0. The zero-order valence-corrected chi connectivity index (χ0v) is 13.8. The molecule has 0 atom stereocenters. The monoisotopic (exact) mass is 306 g/mol. The summed E-state index contributed by atoms with van der Waals surface area (Å²) in [7, 11) is 0. The van der Waals surface area contributed by atoms with E-state index in [-0.39, 0.29) is 0 Å². The fraction of sp³-hybridized carbons (Fsp3) is 0.375. The van der Waals surface area contributed by atoms with Crippen molar-refractivity contribution in [3.63, 3.8) is 0 Å². The van der Waals surface area contributed by atoms with Gasteiger partial charge in [-0.1, -0.05) is 19.1 Å². The Morgan fingerprint density at radius 3 is 2.65 bits per heavy atom. The van der Waals surface area contributed by atoms with Gasteiger partial charge in [-0.3, -0.25) is 0 Å². The fourth-order valence-electron chi connectivity index (χ4n) is 2.30. The lowest BCUT2D eigenvalue weighted by atomic mass is 10.1. The minimum absolute atomic E-state index is 0.597. The van der Waals surface area contributed by atoms with E-state index < -0.39 is 0 Å². The van der Waals surface area contributed by atoms with Crippen LogP contribution >= 0.6 is 23.1 Å². The lowest BCUT2D eigenvalue weighted by Crippen LogP contribution is -2.23. The van der Waals surface area contributed by atoms with Crippen molar-refractivity contribution in [2.24, 2.45) is 5.73 Å². The zero-order valence-electron chi connectivity index (χ0n) is 12.1. The molecule has 2 N–H and O–H groups in total. The molecule has 0 aliphatic rings. The van der Waals surface area contributed by atoms with Crippen LogP contribution in [0.3, 0.4) is 0 Å². The first-order chi connectivity index (χ1) is 9.80. The molecule has 0 saturated heterocycles. The molecule has 108 valence electrons. The second-order valence-electron chi connectivity index (χ2n) is 4.48. The standard InChI is InChI=1S/C16H22N2S2/c1-3-18(12-13-7-6-10-20-13)15-8-5-9-16(19-4-2)14(15)11-17/h5-10H,3-4,11-12,17H2,1-2H3. The highest BCUT2D eigenvalue weighted by molar-refractivity contribution is 7.99. The lowest BCUT2D eigenvalue weighted by Gasteiger charge is -2.26. The molecule has 0 aliphatic heterocycles. The van der Waals surface area contributed by atoms with E-state index in [9.17, 15) is 0 Å². The van der Waals surface area contributed by atoms with Gasteiger partial charge in [0.1, 0.15) is 0 Å². The first-order valence-corrected chi connectivity index (χ1v) is 8.88. The Balaban J connectivity index is 2.30. The van der Waals surface area contributed by atoms with Gasteiger partial charge in [0.25, 0.3) is 0 Å². The number of anilines is 1. The van der Waals surface area contributed by atoms with Crippen LogP contribution in [0.15, 0.2) is 40.6 Å². The second-order valence-corrected chi connectivity index (χ2v) is 6.82. The fourth-order valence-corrected chi connectivity index (χ4v) is 3.87. The number of rotatable bonds is 7. The summed E-state index contributed by atoms with van der Waals surface area (Å²) in [5.74, 6) is 1.08. The maximum absolute atomic E-state index is 6.01. The summed E-state index contributed by atoms with van der Waals surface area (Å²) in [4.78, 5) is 5.12. The predicted molar refractivity (Wildman–Crippen MR) is 91.8 cm³/mol. The Hall–Kier alpha value is -0.970. The van der Waals surface area contributed by atoms with Crippen LogP contribution in [-0.4, -0.2) is 12.3 Å². The van der Waals surface area contributed by atoms with E-state index in [1.54, 1.807) is 0 Å². The van der Waals surface area contributed by atoms with Crippen LogP contribution in [0.4, 0.5) is 5.69 Å². The third-order valence-corrected chi connectivity index (χ3v) is 5.10. The van der Waals surface area contributed by atoms with Crippen molar-refractivity contribution in [3.8, 4) is 0 Å². The quantitative estimate of drug-likeness (QED) is 0.771. The lowest BCUT2D eigenvalue weighted by molar-refractivity contribution is 0.826. The molecule has 1 heterocycles. The molecule has 0 bridgehead atoms. The summed E-state index contributed by atoms with van der Waals surface area (Å²) in [5.41, 5.74) is 8.57. The molecule has 20 heavy (non-hydrogen) atoms. The van der Waals surface area contributed by atoms with Gasteiger partial charge in [-0.15, -0.1) is 23.1 Å². The molecular formula is C16H22N2S2. The molecule has 2 rings (SSSR count). The molecule has 0 fully saturated rings.